The highest BCUT2D eigenvalue weighted by Gasteiger charge is 2.17. The Kier molecular flexibility index (Phi) is 9.11. The van der Waals surface area contributed by atoms with Gasteiger partial charge in [-0.25, -0.2) is 4.99 Å². The molecule has 0 aromatic carbocycles. The first-order valence-electron chi connectivity index (χ1n) is 10.9. The number of piperidine rings is 1. The van der Waals surface area contributed by atoms with E-state index in [1.807, 2.05) is 11.7 Å². The largest absolute Gasteiger partial charge is 0.357 e. The van der Waals surface area contributed by atoms with Crippen molar-refractivity contribution in [3.63, 3.8) is 0 Å². The second-order valence-corrected chi connectivity index (χ2v) is 7.56. The number of aryl methyl sites for hydroxylation is 2. The highest BCUT2D eigenvalue weighted by molar-refractivity contribution is 5.79. The maximum atomic E-state index is 4.84. The van der Waals surface area contributed by atoms with Crippen LogP contribution in [0.15, 0.2) is 4.99 Å². The summed E-state index contributed by atoms with van der Waals surface area (Å²) in [5.41, 5.74) is 3.76. The number of nitrogens with zero attached hydrogens (tertiary/aromatic N) is 4. The van der Waals surface area contributed by atoms with Gasteiger partial charge in [0.2, 0.25) is 0 Å². The van der Waals surface area contributed by atoms with Gasteiger partial charge < -0.3 is 15.5 Å². The third-order valence-corrected chi connectivity index (χ3v) is 5.62. The van der Waals surface area contributed by atoms with Gasteiger partial charge in [0.25, 0.3) is 0 Å². The Morgan fingerprint density at radius 1 is 1.19 bits per heavy atom. The molecule has 0 amide bonds. The van der Waals surface area contributed by atoms with Crippen molar-refractivity contribution in [1.82, 2.24) is 25.3 Å². The maximum absolute atomic E-state index is 4.84. The van der Waals surface area contributed by atoms with Crippen molar-refractivity contribution in [2.45, 2.75) is 78.8 Å². The van der Waals surface area contributed by atoms with Gasteiger partial charge in [0.1, 0.15) is 0 Å². The summed E-state index contributed by atoms with van der Waals surface area (Å²) >= 11 is 0. The fraction of sp³-hybridized carbons (Fsp3) is 0.810. The minimum Gasteiger partial charge on any atom is -0.357 e. The second-order valence-electron chi connectivity index (χ2n) is 7.56. The third kappa shape index (κ3) is 6.23. The predicted molar refractivity (Wildman–Crippen MR) is 114 cm³/mol. The molecule has 27 heavy (non-hydrogen) atoms. The fourth-order valence-electron chi connectivity index (χ4n) is 4.05. The van der Waals surface area contributed by atoms with Crippen LogP contribution in [0.4, 0.5) is 0 Å². The van der Waals surface area contributed by atoms with Gasteiger partial charge in [-0.1, -0.05) is 20.3 Å². The number of hydrogen-bond acceptors (Lipinski definition) is 3. The highest BCUT2D eigenvalue weighted by Crippen LogP contribution is 2.17. The number of aliphatic imine (C=N–C) groups is 1. The highest BCUT2D eigenvalue weighted by atomic mass is 15.3. The molecule has 1 unspecified atom stereocenters. The maximum Gasteiger partial charge on any atom is 0.191 e. The Labute approximate surface area is 165 Å². The van der Waals surface area contributed by atoms with Crippen molar-refractivity contribution in [1.29, 1.82) is 0 Å². The van der Waals surface area contributed by atoms with E-state index in [0.29, 0.717) is 6.54 Å². The van der Waals surface area contributed by atoms with Crippen molar-refractivity contribution >= 4 is 5.96 Å². The lowest BCUT2D eigenvalue weighted by atomic mass is 10.0. The quantitative estimate of drug-likeness (QED) is 0.395. The topological polar surface area (TPSA) is 57.5 Å². The van der Waals surface area contributed by atoms with Crippen LogP contribution >= 0.6 is 0 Å². The van der Waals surface area contributed by atoms with E-state index in [1.54, 1.807) is 0 Å². The predicted octanol–water partition coefficient (Wildman–Crippen LogP) is 2.86. The molecule has 0 radical (unpaired) electrons. The molecule has 1 atom stereocenters. The average molecular weight is 377 g/mol. The standard InChI is InChI=1S/C21H40N6/c1-6-19-18(20(7-2)26(5)25-19)16-24-21(22-8-3)23-13-11-15-27-14-10-9-12-17(27)4/h17H,6-16H2,1-5H3,(H2,22,23,24). The Morgan fingerprint density at radius 2 is 2.00 bits per heavy atom. The lowest BCUT2D eigenvalue weighted by Crippen LogP contribution is -2.41. The first-order valence-corrected chi connectivity index (χ1v) is 10.9. The van der Waals surface area contributed by atoms with Crippen molar-refractivity contribution in [3.05, 3.63) is 17.0 Å². The smallest absolute Gasteiger partial charge is 0.191 e. The molecule has 6 heteroatoms. The molecule has 0 bridgehead atoms. The normalized spacial score (nSPS) is 18.7. The molecule has 1 aromatic heterocycles. The molecule has 0 aliphatic carbocycles. The Hall–Kier alpha value is -1.56. The van der Waals surface area contributed by atoms with Gasteiger partial charge in [0, 0.05) is 44.0 Å². The summed E-state index contributed by atoms with van der Waals surface area (Å²) in [6.45, 7) is 13.8. The van der Waals surface area contributed by atoms with E-state index in [9.17, 15) is 0 Å². The number of guanidine groups is 1. The van der Waals surface area contributed by atoms with Crippen LogP contribution in [0.25, 0.3) is 0 Å². The van der Waals surface area contributed by atoms with E-state index < -0.39 is 0 Å². The van der Waals surface area contributed by atoms with Gasteiger partial charge in [-0.15, -0.1) is 0 Å². The first-order chi connectivity index (χ1) is 13.1. The molecular formula is C21H40N6. The lowest BCUT2D eigenvalue weighted by molar-refractivity contribution is 0.159. The molecule has 1 fully saturated rings. The van der Waals surface area contributed by atoms with Crippen molar-refractivity contribution in [2.24, 2.45) is 12.0 Å². The van der Waals surface area contributed by atoms with Crippen LogP contribution in [0, 0.1) is 0 Å². The summed E-state index contributed by atoms with van der Waals surface area (Å²) < 4.78 is 2.02. The zero-order valence-corrected chi connectivity index (χ0v) is 18.1. The third-order valence-electron chi connectivity index (χ3n) is 5.62. The van der Waals surface area contributed by atoms with E-state index in [2.05, 4.69) is 48.3 Å². The van der Waals surface area contributed by atoms with Gasteiger partial charge in [-0.2, -0.15) is 5.10 Å². The molecule has 2 N–H and O–H groups in total. The molecule has 2 heterocycles. The van der Waals surface area contributed by atoms with Crippen LogP contribution in [-0.2, 0) is 26.4 Å². The average Bonchev–Trinajstić information content (AvgIpc) is 2.98. The zero-order valence-electron chi connectivity index (χ0n) is 18.1. The van der Waals surface area contributed by atoms with E-state index >= 15 is 0 Å². The van der Waals surface area contributed by atoms with Gasteiger partial charge in [-0.05, 0) is 52.5 Å². The van der Waals surface area contributed by atoms with E-state index in [4.69, 9.17) is 4.99 Å². The molecule has 1 aliphatic heterocycles. The van der Waals surface area contributed by atoms with Gasteiger partial charge >= 0.3 is 0 Å². The number of hydrogen-bond donors (Lipinski definition) is 2. The summed E-state index contributed by atoms with van der Waals surface area (Å²) in [6.07, 6.45) is 7.20. The van der Waals surface area contributed by atoms with E-state index in [-0.39, 0.29) is 0 Å². The minimum absolute atomic E-state index is 0.693. The summed E-state index contributed by atoms with van der Waals surface area (Å²) in [4.78, 5) is 7.47. The number of nitrogens with one attached hydrogen (secondary N) is 2. The van der Waals surface area contributed by atoms with Gasteiger partial charge in [-0.3, -0.25) is 4.68 Å². The zero-order chi connectivity index (χ0) is 19.6. The minimum atomic E-state index is 0.693. The fourth-order valence-corrected chi connectivity index (χ4v) is 4.05. The number of aromatic nitrogens is 2. The molecule has 6 nitrogen and oxygen atoms in total. The number of likely N-dealkylation sites (tertiary alicyclic amines) is 1. The Balaban J connectivity index is 1.89. The second kappa shape index (κ2) is 11.3. The molecule has 1 aliphatic rings. The molecule has 1 saturated heterocycles. The van der Waals surface area contributed by atoms with Crippen molar-refractivity contribution < 1.29 is 0 Å². The molecule has 1 aromatic rings. The van der Waals surface area contributed by atoms with Gasteiger partial charge in [0.15, 0.2) is 5.96 Å². The van der Waals surface area contributed by atoms with Crippen LogP contribution < -0.4 is 10.6 Å². The monoisotopic (exact) mass is 376 g/mol. The van der Waals surface area contributed by atoms with Crippen LogP contribution in [-0.4, -0.2) is 52.9 Å². The molecule has 2 rings (SSSR count). The first kappa shape index (κ1) is 21.7. The van der Waals surface area contributed by atoms with Crippen LogP contribution in [0.1, 0.15) is 70.3 Å². The molecular weight excluding hydrogens is 336 g/mol. The lowest BCUT2D eigenvalue weighted by Gasteiger charge is -2.33. The SMILES string of the molecule is CCNC(=NCc1c(CC)nn(C)c1CC)NCCCN1CCCCC1C. The Bertz CT molecular complexity index is 592. The van der Waals surface area contributed by atoms with Crippen LogP contribution in [0.2, 0.25) is 0 Å². The van der Waals surface area contributed by atoms with Crippen molar-refractivity contribution in [2.75, 3.05) is 26.2 Å². The Morgan fingerprint density at radius 3 is 2.67 bits per heavy atom. The van der Waals surface area contributed by atoms with Gasteiger partial charge in [0.05, 0.1) is 12.2 Å². The summed E-state index contributed by atoms with van der Waals surface area (Å²) in [6, 6.07) is 0.742. The molecule has 154 valence electrons. The van der Waals surface area contributed by atoms with E-state index in [1.165, 1.54) is 49.3 Å². The van der Waals surface area contributed by atoms with Crippen molar-refractivity contribution in [3.8, 4) is 0 Å². The summed E-state index contributed by atoms with van der Waals surface area (Å²) in [5, 5.41) is 11.6. The van der Waals surface area contributed by atoms with E-state index in [0.717, 1.165) is 44.4 Å². The van der Waals surface area contributed by atoms with Crippen LogP contribution in [0.3, 0.4) is 0 Å². The number of rotatable bonds is 9. The molecule has 0 saturated carbocycles. The van der Waals surface area contributed by atoms with Crippen LogP contribution in [0.5, 0.6) is 0 Å². The molecule has 0 spiro atoms. The summed E-state index contributed by atoms with van der Waals surface area (Å²) in [5.74, 6) is 0.914. The summed E-state index contributed by atoms with van der Waals surface area (Å²) in [7, 11) is 2.04.